The van der Waals surface area contributed by atoms with Gasteiger partial charge in [-0.1, -0.05) is 67.1 Å². The number of amides is 2. The van der Waals surface area contributed by atoms with Gasteiger partial charge in [-0.25, -0.2) is 9.59 Å². The van der Waals surface area contributed by atoms with E-state index in [1.165, 1.54) is 18.2 Å². The van der Waals surface area contributed by atoms with E-state index >= 15 is 0 Å². The van der Waals surface area contributed by atoms with Gasteiger partial charge in [0.2, 0.25) is 5.91 Å². The fourth-order valence-electron chi connectivity index (χ4n) is 4.10. The lowest BCUT2D eigenvalue weighted by molar-refractivity contribution is -0.118. The number of hydrogen-bond donors (Lipinski definition) is 3. The second kappa shape index (κ2) is 9.97. The van der Waals surface area contributed by atoms with E-state index in [1.807, 2.05) is 36.4 Å². The highest BCUT2D eigenvalue weighted by atomic mass is 35.5. The first-order valence-corrected chi connectivity index (χ1v) is 11.2. The van der Waals surface area contributed by atoms with Gasteiger partial charge in [-0.05, 0) is 46.9 Å². The van der Waals surface area contributed by atoms with Crippen LogP contribution in [0.2, 0.25) is 5.02 Å². The lowest BCUT2D eigenvalue weighted by atomic mass is 9.98. The van der Waals surface area contributed by atoms with Crippen molar-refractivity contribution in [3.63, 3.8) is 0 Å². The predicted octanol–water partition coefficient (Wildman–Crippen LogP) is 5.29. The summed E-state index contributed by atoms with van der Waals surface area (Å²) in [6.07, 6.45) is -0.378. The van der Waals surface area contributed by atoms with E-state index in [2.05, 4.69) is 22.8 Å². The fraction of sp³-hybridized carbons (Fsp3) is 0.192. The van der Waals surface area contributed by atoms with E-state index in [9.17, 15) is 14.4 Å². The number of carbonyl (C=O) groups excluding carboxylic acids is 2. The van der Waals surface area contributed by atoms with Crippen molar-refractivity contribution in [2.75, 3.05) is 11.9 Å². The third-order valence-corrected chi connectivity index (χ3v) is 6.15. The molecule has 174 valence electrons. The zero-order valence-electron chi connectivity index (χ0n) is 18.4. The minimum atomic E-state index is -1.12. The molecule has 0 spiro atoms. The molecule has 0 radical (unpaired) electrons. The zero-order valence-corrected chi connectivity index (χ0v) is 19.1. The number of halogens is 1. The summed E-state index contributed by atoms with van der Waals surface area (Å²) in [6.45, 7) is 1.89. The number of nitrogens with one attached hydrogen (secondary N) is 2. The Kier molecular flexibility index (Phi) is 6.84. The summed E-state index contributed by atoms with van der Waals surface area (Å²) in [4.78, 5) is 36.3. The van der Waals surface area contributed by atoms with Crippen molar-refractivity contribution in [3.05, 3.63) is 88.4 Å². The number of anilines is 1. The molecule has 1 atom stereocenters. The van der Waals surface area contributed by atoms with E-state index in [-0.39, 0.29) is 28.8 Å². The van der Waals surface area contributed by atoms with E-state index < -0.39 is 24.0 Å². The minimum Gasteiger partial charge on any atom is -0.478 e. The van der Waals surface area contributed by atoms with Gasteiger partial charge in [0.15, 0.2) is 0 Å². The van der Waals surface area contributed by atoms with Gasteiger partial charge in [-0.2, -0.15) is 0 Å². The topological polar surface area (TPSA) is 105 Å². The molecule has 3 aromatic carbocycles. The van der Waals surface area contributed by atoms with Crippen molar-refractivity contribution in [2.24, 2.45) is 0 Å². The summed E-state index contributed by atoms with van der Waals surface area (Å²) in [5.74, 6) is -1.69. The van der Waals surface area contributed by atoms with Crippen LogP contribution >= 0.6 is 11.6 Å². The summed E-state index contributed by atoms with van der Waals surface area (Å²) in [6, 6.07) is 19.2. The van der Waals surface area contributed by atoms with Gasteiger partial charge in [-0.15, -0.1) is 0 Å². The van der Waals surface area contributed by atoms with E-state index in [1.54, 1.807) is 6.92 Å². The Hall–Kier alpha value is -3.84. The molecule has 0 aromatic heterocycles. The molecule has 0 aliphatic heterocycles. The lowest BCUT2D eigenvalue weighted by Gasteiger charge is -2.19. The predicted molar refractivity (Wildman–Crippen MR) is 129 cm³/mol. The first-order valence-electron chi connectivity index (χ1n) is 10.8. The largest absolute Gasteiger partial charge is 0.478 e. The molecule has 0 bridgehead atoms. The molecule has 1 aliphatic rings. The highest BCUT2D eigenvalue weighted by molar-refractivity contribution is 6.34. The molecule has 0 fully saturated rings. The third kappa shape index (κ3) is 4.75. The van der Waals surface area contributed by atoms with Crippen molar-refractivity contribution < 1.29 is 24.2 Å². The van der Waals surface area contributed by atoms with Gasteiger partial charge in [0.25, 0.3) is 0 Å². The normalized spacial score (nSPS) is 12.9. The number of benzene rings is 3. The lowest BCUT2D eigenvalue weighted by Crippen LogP contribution is -2.43. The third-order valence-electron chi connectivity index (χ3n) is 5.83. The van der Waals surface area contributed by atoms with Crippen LogP contribution < -0.4 is 10.6 Å². The van der Waals surface area contributed by atoms with Crippen molar-refractivity contribution in [1.29, 1.82) is 0 Å². The van der Waals surface area contributed by atoms with Crippen LogP contribution in [0.25, 0.3) is 11.1 Å². The van der Waals surface area contributed by atoms with Crippen LogP contribution in [-0.2, 0) is 9.53 Å². The first kappa shape index (κ1) is 23.3. The first-order chi connectivity index (χ1) is 16.4. The van der Waals surface area contributed by atoms with Crippen LogP contribution in [0.3, 0.4) is 0 Å². The van der Waals surface area contributed by atoms with E-state index in [0.717, 1.165) is 22.3 Å². The fourth-order valence-corrected chi connectivity index (χ4v) is 4.33. The number of carbonyl (C=O) groups is 3. The molecule has 7 nitrogen and oxygen atoms in total. The Bertz CT molecular complexity index is 1210. The number of fused-ring (bicyclic) bond motifs is 3. The maximum atomic E-state index is 12.7. The number of carboxylic acid groups (broad SMARTS) is 1. The second-order valence-corrected chi connectivity index (χ2v) is 8.33. The van der Waals surface area contributed by atoms with Crippen LogP contribution in [0.15, 0.2) is 66.7 Å². The smallest absolute Gasteiger partial charge is 0.407 e. The number of hydrogen-bond acceptors (Lipinski definition) is 4. The monoisotopic (exact) mass is 478 g/mol. The number of aromatic carboxylic acids is 1. The molecule has 1 aliphatic carbocycles. The number of carboxylic acids is 1. The second-order valence-electron chi connectivity index (χ2n) is 7.92. The Labute approximate surface area is 201 Å². The average molecular weight is 479 g/mol. The number of rotatable bonds is 7. The molecule has 0 saturated heterocycles. The maximum Gasteiger partial charge on any atom is 0.407 e. The zero-order chi connectivity index (χ0) is 24.2. The van der Waals surface area contributed by atoms with Crippen LogP contribution in [0.5, 0.6) is 0 Å². The molecule has 2 amide bonds. The molecular formula is C26H23ClN2O5. The molecule has 0 heterocycles. The van der Waals surface area contributed by atoms with Crippen LogP contribution in [0, 0.1) is 0 Å². The Morgan fingerprint density at radius 1 is 1.00 bits per heavy atom. The standard InChI is InChI=1S/C26H23ClN2O5/c1-2-22(24(30)28-23-12-11-15(25(31)32)13-21(23)27)29-26(33)34-14-20-18-9-5-3-7-16(18)17-8-4-6-10-19(17)20/h3-13,20,22H,2,14H2,1H3,(H,28,30)(H,29,33)(H,31,32)/t22-/m1/s1. The minimum absolute atomic E-state index is 0.00630. The summed E-state index contributed by atoms with van der Waals surface area (Å²) in [7, 11) is 0. The molecule has 3 N–H and O–H groups in total. The maximum absolute atomic E-state index is 12.7. The van der Waals surface area contributed by atoms with E-state index in [0.29, 0.717) is 6.42 Å². The summed E-state index contributed by atoms with van der Waals surface area (Å²) >= 11 is 6.09. The van der Waals surface area contributed by atoms with Crippen molar-refractivity contribution in [1.82, 2.24) is 5.32 Å². The molecule has 4 rings (SSSR count). The highest BCUT2D eigenvalue weighted by Gasteiger charge is 2.29. The van der Waals surface area contributed by atoms with Crippen LogP contribution in [-0.4, -0.2) is 35.7 Å². The average Bonchev–Trinajstić information content (AvgIpc) is 3.16. The molecule has 34 heavy (non-hydrogen) atoms. The molecule has 8 heteroatoms. The summed E-state index contributed by atoms with van der Waals surface area (Å²) < 4.78 is 5.52. The Morgan fingerprint density at radius 2 is 1.62 bits per heavy atom. The summed E-state index contributed by atoms with van der Waals surface area (Å²) in [5.41, 5.74) is 4.71. The quantitative estimate of drug-likeness (QED) is 0.427. The van der Waals surface area contributed by atoms with Crippen molar-refractivity contribution in [3.8, 4) is 11.1 Å². The van der Waals surface area contributed by atoms with Gasteiger partial charge in [0.05, 0.1) is 16.3 Å². The number of alkyl carbamates (subject to hydrolysis) is 1. The Balaban J connectivity index is 1.39. The van der Waals surface area contributed by atoms with E-state index in [4.69, 9.17) is 21.4 Å². The van der Waals surface area contributed by atoms with Gasteiger partial charge in [0.1, 0.15) is 12.6 Å². The summed E-state index contributed by atoms with van der Waals surface area (Å²) in [5, 5.41) is 14.3. The number of ether oxygens (including phenoxy) is 1. The van der Waals surface area contributed by atoms with Crippen molar-refractivity contribution in [2.45, 2.75) is 25.3 Å². The van der Waals surface area contributed by atoms with Gasteiger partial charge < -0.3 is 20.5 Å². The molecule has 3 aromatic rings. The highest BCUT2D eigenvalue weighted by Crippen LogP contribution is 2.44. The van der Waals surface area contributed by atoms with Gasteiger partial charge in [-0.3, -0.25) is 4.79 Å². The van der Waals surface area contributed by atoms with Crippen LogP contribution in [0.4, 0.5) is 10.5 Å². The van der Waals surface area contributed by atoms with Gasteiger partial charge >= 0.3 is 12.1 Å². The molecule has 0 unspecified atom stereocenters. The Morgan fingerprint density at radius 3 is 2.18 bits per heavy atom. The van der Waals surface area contributed by atoms with Crippen LogP contribution in [0.1, 0.15) is 40.7 Å². The SMILES string of the molecule is CC[C@@H](NC(=O)OCC1c2ccccc2-c2ccccc21)C(=O)Nc1ccc(C(=O)O)cc1Cl. The molecular weight excluding hydrogens is 456 g/mol. The van der Waals surface area contributed by atoms with Crippen molar-refractivity contribution >= 4 is 35.3 Å². The van der Waals surface area contributed by atoms with Gasteiger partial charge in [0, 0.05) is 5.92 Å². The molecule has 0 saturated carbocycles.